The zero-order chi connectivity index (χ0) is 13.1. The third-order valence-electron chi connectivity index (χ3n) is 5.10. The van der Waals surface area contributed by atoms with Crippen molar-refractivity contribution in [3.05, 3.63) is 12.2 Å². The zero-order valence-electron chi connectivity index (χ0n) is 11.6. The predicted octanol–water partition coefficient (Wildman–Crippen LogP) is 5.09. The van der Waals surface area contributed by atoms with Gasteiger partial charge in [-0.2, -0.15) is 0 Å². The topological polar surface area (TPSA) is 0 Å². The highest BCUT2D eigenvalue weighted by Crippen LogP contribution is 2.43. The second kappa shape index (κ2) is 6.16. The van der Waals surface area contributed by atoms with Crippen LogP contribution in [0, 0.1) is 23.7 Å². The highest BCUT2D eigenvalue weighted by molar-refractivity contribution is 4.94. The molecule has 2 heteroatoms. The maximum absolute atomic E-state index is 14.1. The van der Waals surface area contributed by atoms with E-state index >= 15 is 0 Å². The summed E-state index contributed by atoms with van der Waals surface area (Å²) in [6.45, 7) is 3.90. The first kappa shape index (κ1) is 14.0. The van der Waals surface area contributed by atoms with Crippen LogP contribution in [-0.2, 0) is 0 Å². The highest BCUT2D eigenvalue weighted by Gasteiger charge is 2.42. The van der Waals surface area contributed by atoms with Crippen molar-refractivity contribution in [2.24, 2.45) is 23.7 Å². The van der Waals surface area contributed by atoms with Gasteiger partial charge >= 0.3 is 0 Å². The first-order valence-corrected chi connectivity index (χ1v) is 7.54. The van der Waals surface area contributed by atoms with Crippen molar-refractivity contribution in [1.82, 2.24) is 0 Å². The van der Waals surface area contributed by atoms with E-state index in [0.29, 0.717) is 11.8 Å². The summed E-state index contributed by atoms with van der Waals surface area (Å²) in [6, 6.07) is 0. The molecule has 2 fully saturated rings. The SMILES string of the molecule is C/C=C/C1CCC(C2CCC(C)C(F)C2F)CC1. The van der Waals surface area contributed by atoms with Crippen LogP contribution in [0.3, 0.4) is 0 Å². The third kappa shape index (κ3) is 2.95. The Morgan fingerprint density at radius 2 is 1.56 bits per heavy atom. The fourth-order valence-electron chi connectivity index (χ4n) is 3.86. The minimum absolute atomic E-state index is 0.0113. The smallest absolute Gasteiger partial charge is 0.134 e. The summed E-state index contributed by atoms with van der Waals surface area (Å²) in [5, 5.41) is 0. The minimum atomic E-state index is -1.22. The van der Waals surface area contributed by atoms with E-state index in [-0.39, 0.29) is 11.8 Å². The lowest BCUT2D eigenvalue weighted by Gasteiger charge is -2.40. The second-order valence-corrected chi connectivity index (χ2v) is 6.31. The third-order valence-corrected chi connectivity index (χ3v) is 5.10. The lowest BCUT2D eigenvalue weighted by Crippen LogP contribution is -2.41. The molecule has 2 aliphatic rings. The van der Waals surface area contributed by atoms with Crippen molar-refractivity contribution < 1.29 is 8.78 Å². The fraction of sp³-hybridized carbons (Fsp3) is 0.875. The van der Waals surface area contributed by atoms with E-state index < -0.39 is 12.3 Å². The van der Waals surface area contributed by atoms with Crippen molar-refractivity contribution in [2.75, 3.05) is 0 Å². The molecule has 0 heterocycles. The second-order valence-electron chi connectivity index (χ2n) is 6.31. The van der Waals surface area contributed by atoms with Gasteiger partial charge in [-0.1, -0.05) is 19.1 Å². The average Bonchev–Trinajstić information content (AvgIpc) is 2.38. The summed E-state index contributed by atoms with van der Waals surface area (Å²) in [6.07, 6.45) is 8.18. The number of hydrogen-bond donors (Lipinski definition) is 0. The van der Waals surface area contributed by atoms with Gasteiger partial charge < -0.3 is 0 Å². The maximum Gasteiger partial charge on any atom is 0.134 e. The average molecular weight is 256 g/mol. The molecule has 0 aliphatic heterocycles. The Hall–Kier alpha value is -0.400. The van der Waals surface area contributed by atoms with Gasteiger partial charge in [-0.15, -0.1) is 0 Å². The van der Waals surface area contributed by atoms with Crippen molar-refractivity contribution >= 4 is 0 Å². The summed E-state index contributed by atoms with van der Waals surface area (Å²) in [7, 11) is 0. The normalized spacial score (nSPS) is 46.4. The molecule has 0 aromatic carbocycles. The van der Waals surface area contributed by atoms with Crippen molar-refractivity contribution in [1.29, 1.82) is 0 Å². The van der Waals surface area contributed by atoms with Crippen LogP contribution in [0.25, 0.3) is 0 Å². The molecule has 0 nitrogen and oxygen atoms in total. The van der Waals surface area contributed by atoms with E-state index in [1.165, 1.54) is 0 Å². The van der Waals surface area contributed by atoms with Gasteiger partial charge in [-0.3, -0.25) is 0 Å². The monoisotopic (exact) mass is 256 g/mol. The number of halogens is 2. The summed E-state index contributed by atoms with van der Waals surface area (Å²) in [4.78, 5) is 0. The first-order chi connectivity index (χ1) is 8.63. The van der Waals surface area contributed by atoms with Crippen LogP contribution in [0.15, 0.2) is 12.2 Å². The van der Waals surface area contributed by atoms with E-state index in [9.17, 15) is 8.78 Å². The Morgan fingerprint density at radius 3 is 2.17 bits per heavy atom. The quantitative estimate of drug-likeness (QED) is 0.604. The molecule has 2 saturated carbocycles. The number of hydrogen-bond acceptors (Lipinski definition) is 0. The van der Waals surface area contributed by atoms with Crippen molar-refractivity contribution in [3.63, 3.8) is 0 Å². The highest BCUT2D eigenvalue weighted by atomic mass is 19.2. The van der Waals surface area contributed by atoms with Gasteiger partial charge in [-0.05, 0) is 69.1 Å². The fourth-order valence-corrected chi connectivity index (χ4v) is 3.86. The molecule has 0 saturated heterocycles. The van der Waals surface area contributed by atoms with Gasteiger partial charge in [0.2, 0.25) is 0 Å². The Morgan fingerprint density at radius 1 is 0.889 bits per heavy atom. The van der Waals surface area contributed by atoms with Crippen LogP contribution < -0.4 is 0 Å². The molecule has 18 heavy (non-hydrogen) atoms. The largest absolute Gasteiger partial charge is 0.244 e. The van der Waals surface area contributed by atoms with Crippen molar-refractivity contribution in [3.8, 4) is 0 Å². The number of rotatable bonds is 2. The molecule has 0 aromatic rings. The molecule has 0 amide bonds. The van der Waals surface area contributed by atoms with Crippen LogP contribution in [0.5, 0.6) is 0 Å². The standard InChI is InChI=1S/C16H26F2/c1-3-4-12-6-8-13(9-7-12)14-10-5-11(2)15(17)16(14)18/h3-4,11-16H,5-10H2,1-2H3/b4-3+. The zero-order valence-corrected chi connectivity index (χ0v) is 11.6. The molecule has 4 atom stereocenters. The van der Waals surface area contributed by atoms with Gasteiger partial charge in [0.15, 0.2) is 0 Å². The van der Waals surface area contributed by atoms with E-state index in [1.807, 2.05) is 6.92 Å². The van der Waals surface area contributed by atoms with Gasteiger partial charge in [0.1, 0.15) is 12.3 Å². The van der Waals surface area contributed by atoms with Crippen molar-refractivity contribution in [2.45, 2.75) is 64.7 Å². The Labute approximate surface area is 110 Å². The molecule has 0 N–H and O–H groups in total. The van der Waals surface area contributed by atoms with Gasteiger partial charge in [0.05, 0.1) is 0 Å². The molecule has 104 valence electrons. The molecule has 0 spiro atoms. The van der Waals surface area contributed by atoms with Gasteiger partial charge in [-0.25, -0.2) is 8.78 Å². The lowest BCUT2D eigenvalue weighted by atomic mass is 9.68. The van der Waals surface area contributed by atoms with Crippen LogP contribution in [0.4, 0.5) is 8.78 Å². The van der Waals surface area contributed by atoms with E-state index in [4.69, 9.17) is 0 Å². The summed E-state index contributed by atoms with van der Waals surface area (Å²) < 4.78 is 27.9. The lowest BCUT2D eigenvalue weighted by molar-refractivity contribution is -0.00497. The Balaban J connectivity index is 1.89. The minimum Gasteiger partial charge on any atom is -0.244 e. The molecule has 2 rings (SSSR count). The molecule has 4 unspecified atom stereocenters. The molecule has 0 aromatic heterocycles. The molecular formula is C16H26F2. The van der Waals surface area contributed by atoms with E-state index in [1.54, 1.807) is 0 Å². The van der Waals surface area contributed by atoms with Crippen LogP contribution in [0.1, 0.15) is 52.4 Å². The molecule has 0 radical (unpaired) electrons. The predicted molar refractivity (Wildman–Crippen MR) is 71.9 cm³/mol. The van der Waals surface area contributed by atoms with Gasteiger partial charge in [0.25, 0.3) is 0 Å². The molecular weight excluding hydrogens is 230 g/mol. The van der Waals surface area contributed by atoms with Crippen LogP contribution in [-0.4, -0.2) is 12.3 Å². The first-order valence-electron chi connectivity index (χ1n) is 7.54. The summed E-state index contributed by atoms with van der Waals surface area (Å²) in [5.74, 6) is 0.999. The number of allylic oxidation sites excluding steroid dienone is 2. The van der Waals surface area contributed by atoms with Crippen LogP contribution >= 0.6 is 0 Å². The summed E-state index contributed by atoms with van der Waals surface area (Å²) in [5.41, 5.74) is 0. The molecule has 0 bridgehead atoms. The van der Waals surface area contributed by atoms with Gasteiger partial charge in [0, 0.05) is 0 Å². The summed E-state index contributed by atoms with van der Waals surface area (Å²) >= 11 is 0. The maximum atomic E-state index is 14.1. The Kier molecular flexibility index (Phi) is 4.80. The van der Waals surface area contributed by atoms with E-state index in [0.717, 1.165) is 38.5 Å². The Bertz CT molecular complexity index is 279. The van der Waals surface area contributed by atoms with E-state index in [2.05, 4.69) is 19.1 Å². The number of alkyl halides is 2. The molecule has 2 aliphatic carbocycles. The van der Waals surface area contributed by atoms with Crippen LogP contribution in [0.2, 0.25) is 0 Å².